The van der Waals surface area contributed by atoms with Crippen LogP contribution in [-0.2, 0) is 0 Å². The summed E-state index contributed by atoms with van der Waals surface area (Å²) in [6.07, 6.45) is 2.91. The highest BCUT2D eigenvalue weighted by Crippen LogP contribution is 2.28. The SMILES string of the molecule is Cc1nncc2cc(C3CCNC3)oc12. The van der Waals surface area contributed by atoms with E-state index >= 15 is 0 Å². The Hall–Kier alpha value is -1.42. The molecule has 1 fully saturated rings. The first kappa shape index (κ1) is 8.85. The summed E-state index contributed by atoms with van der Waals surface area (Å²) in [7, 11) is 0. The van der Waals surface area contributed by atoms with Gasteiger partial charge in [-0.15, -0.1) is 0 Å². The van der Waals surface area contributed by atoms with Gasteiger partial charge in [0, 0.05) is 17.8 Å². The van der Waals surface area contributed by atoms with Crippen molar-refractivity contribution >= 4 is 11.0 Å². The molecule has 1 unspecified atom stereocenters. The number of aryl methyl sites for hydroxylation is 1. The molecule has 1 saturated heterocycles. The Balaban J connectivity index is 2.09. The topological polar surface area (TPSA) is 51.0 Å². The summed E-state index contributed by atoms with van der Waals surface area (Å²) < 4.78 is 5.84. The molecule has 78 valence electrons. The lowest BCUT2D eigenvalue weighted by Gasteiger charge is -2.01. The van der Waals surface area contributed by atoms with E-state index in [9.17, 15) is 0 Å². The van der Waals surface area contributed by atoms with Crippen LogP contribution in [0.4, 0.5) is 0 Å². The molecule has 3 heterocycles. The van der Waals surface area contributed by atoms with Gasteiger partial charge in [0.2, 0.25) is 0 Å². The van der Waals surface area contributed by atoms with Gasteiger partial charge in [-0.05, 0) is 26.0 Å². The standard InChI is InChI=1S/C11H13N3O/c1-7-11-9(6-13-14-7)4-10(15-11)8-2-3-12-5-8/h4,6,8,12H,2-3,5H2,1H3. The molecule has 0 aliphatic carbocycles. The summed E-state index contributed by atoms with van der Waals surface area (Å²) in [6.45, 7) is 4.02. The van der Waals surface area contributed by atoms with Gasteiger partial charge in [-0.1, -0.05) is 0 Å². The van der Waals surface area contributed by atoms with Gasteiger partial charge >= 0.3 is 0 Å². The summed E-state index contributed by atoms with van der Waals surface area (Å²) in [5, 5.41) is 12.3. The minimum absolute atomic E-state index is 0.511. The van der Waals surface area contributed by atoms with E-state index in [4.69, 9.17) is 4.42 Å². The minimum atomic E-state index is 0.511. The molecule has 3 rings (SSSR count). The number of rotatable bonds is 1. The van der Waals surface area contributed by atoms with Crippen molar-refractivity contribution in [3.05, 3.63) is 23.7 Å². The Morgan fingerprint density at radius 3 is 3.20 bits per heavy atom. The van der Waals surface area contributed by atoms with Crippen LogP contribution in [-0.4, -0.2) is 23.3 Å². The molecule has 0 radical (unpaired) electrons. The number of nitrogens with zero attached hydrogens (tertiary/aromatic N) is 2. The van der Waals surface area contributed by atoms with E-state index in [1.807, 2.05) is 6.92 Å². The number of aromatic nitrogens is 2. The van der Waals surface area contributed by atoms with Crippen molar-refractivity contribution in [1.29, 1.82) is 0 Å². The fourth-order valence-electron chi connectivity index (χ4n) is 2.13. The summed E-state index contributed by atoms with van der Waals surface area (Å²) in [6, 6.07) is 2.09. The molecule has 0 bridgehead atoms. The van der Waals surface area contributed by atoms with E-state index in [2.05, 4.69) is 21.6 Å². The number of hydrogen-bond acceptors (Lipinski definition) is 4. The fourth-order valence-corrected chi connectivity index (χ4v) is 2.13. The van der Waals surface area contributed by atoms with Gasteiger partial charge in [-0.25, -0.2) is 0 Å². The highest BCUT2D eigenvalue weighted by Gasteiger charge is 2.20. The highest BCUT2D eigenvalue weighted by molar-refractivity contribution is 5.78. The molecule has 1 atom stereocenters. The Bertz CT molecular complexity index is 486. The molecule has 4 heteroatoms. The maximum absolute atomic E-state index is 5.84. The van der Waals surface area contributed by atoms with Gasteiger partial charge in [-0.2, -0.15) is 10.2 Å². The molecule has 2 aromatic heterocycles. The lowest BCUT2D eigenvalue weighted by Crippen LogP contribution is -2.07. The Kier molecular flexibility index (Phi) is 1.95. The van der Waals surface area contributed by atoms with Crippen LogP contribution in [0.1, 0.15) is 23.8 Å². The average molecular weight is 203 g/mol. The van der Waals surface area contributed by atoms with Crippen molar-refractivity contribution in [3.8, 4) is 0 Å². The largest absolute Gasteiger partial charge is 0.459 e. The Labute approximate surface area is 87.7 Å². The average Bonchev–Trinajstić information content (AvgIpc) is 2.86. The first-order valence-corrected chi connectivity index (χ1v) is 5.27. The van der Waals surface area contributed by atoms with Gasteiger partial charge in [-0.3, -0.25) is 0 Å². The Morgan fingerprint density at radius 2 is 2.47 bits per heavy atom. The predicted molar refractivity (Wildman–Crippen MR) is 56.8 cm³/mol. The molecule has 4 nitrogen and oxygen atoms in total. The van der Waals surface area contributed by atoms with E-state index in [1.165, 1.54) is 0 Å². The van der Waals surface area contributed by atoms with Crippen LogP contribution in [0.3, 0.4) is 0 Å². The third-order valence-electron chi connectivity index (χ3n) is 2.98. The van der Waals surface area contributed by atoms with E-state index in [0.717, 1.165) is 41.9 Å². The van der Waals surface area contributed by atoms with Crippen LogP contribution in [0.5, 0.6) is 0 Å². The lowest BCUT2D eigenvalue weighted by atomic mass is 10.1. The van der Waals surface area contributed by atoms with Gasteiger partial charge in [0.25, 0.3) is 0 Å². The normalized spacial score (nSPS) is 21.3. The van der Waals surface area contributed by atoms with E-state index in [-0.39, 0.29) is 0 Å². The van der Waals surface area contributed by atoms with Crippen molar-refractivity contribution < 1.29 is 4.42 Å². The third kappa shape index (κ3) is 1.41. The molecule has 0 saturated carbocycles. The second-order valence-electron chi connectivity index (χ2n) is 4.05. The lowest BCUT2D eigenvalue weighted by molar-refractivity contribution is 0.502. The highest BCUT2D eigenvalue weighted by atomic mass is 16.3. The molecule has 2 aromatic rings. The van der Waals surface area contributed by atoms with Crippen LogP contribution in [0.25, 0.3) is 11.0 Å². The van der Waals surface area contributed by atoms with Gasteiger partial charge < -0.3 is 9.73 Å². The summed E-state index contributed by atoms with van der Waals surface area (Å²) >= 11 is 0. The zero-order valence-electron chi connectivity index (χ0n) is 8.66. The van der Waals surface area contributed by atoms with Crippen molar-refractivity contribution in [3.63, 3.8) is 0 Å². The van der Waals surface area contributed by atoms with Crippen LogP contribution in [0.2, 0.25) is 0 Å². The maximum Gasteiger partial charge on any atom is 0.158 e. The van der Waals surface area contributed by atoms with Crippen LogP contribution >= 0.6 is 0 Å². The predicted octanol–water partition coefficient (Wildman–Crippen LogP) is 1.61. The second-order valence-corrected chi connectivity index (χ2v) is 4.05. The van der Waals surface area contributed by atoms with Gasteiger partial charge in [0.15, 0.2) is 5.58 Å². The fraction of sp³-hybridized carbons (Fsp3) is 0.455. The van der Waals surface area contributed by atoms with Crippen molar-refractivity contribution in [2.75, 3.05) is 13.1 Å². The molecule has 0 aromatic carbocycles. The zero-order chi connectivity index (χ0) is 10.3. The molecular formula is C11H13N3O. The van der Waals surface area contributed by atoms with Crippen molar-refractivity contribution in [2.24, 2.45) is 0 Å². The van der Waals surface area contributed by atoms with Gasteiger partial charge in [0.05, 0.1) is 6.20 Å². The van der Waals surface area contributed by atoms with E-state index < -0.39 is 0 Å². The monoisotopic (exact) mass is 203 g/mol. The number of nitrogens with one attached hydrogen (secondary N) is 1. The second kappa shape index (κ2) is 3.31. The van der Waals surface area contributed by atoms with Crippen LogP contribution in [0, 0.1) is 6.92 Å². The van der Waals surface area contributed by atoms with Gasteiger partial charge in [0.1, 0.15) is 11.5 Å². The quantitative estimate of drug-likeness (QED) is 0.765. The number of fused-ring (bicyclic) bond motifs is 1. The first-order chi connectivity index (χ1) is 7.34. The summed E-state index contributed by atoms with van der Waals surface area (Å²) in [5.41, 5.74) is 1.75. The maximum atomic E-state index is 5.84. The molecule has 15 heavy (non-hydrogen) atoms. The number of hydrogen-bond donors (Lipinski definition) is 1. The van der Waals surface area contributed by atoms with Crippen molar-refractivity contribution in [1.82, 2.24) is 15.5 Å². The Morgan fingerprint density at radius 1 is 1.53 bits per heavy atom. The zero-order valence-corrected chi connectivity index (χ0v) is 8.66. The number of furan rings is 1. The molecular weight excluding hydrogens is 190 g/mol. The van der Waals surface area contributed by atoms with Crippen LogP contribution < -0.4 is 5.32 Å². The molecule has 0 spiro atoms. The summed E-state index contributed by atoms with van der Waals surface area (Å²) in [5.74, 6) is 1.57. The molecule has 1 aliphatic rings. The molecule has 0 amide bonds. The minimum Gasteiger partial charge on any atom is -0.459 e. The molecule has 1 N–H and O–H groups in total. The first-order valence-electron chi connectivity index (χ1n) is 5.27. The molecule has 1 aliphatic heterocycles. The van der Waals surface area contributed by atoms with E-state index in [1.54, 1.807) is 6.20 Å². The summed E-state index contributed by atoms with van der Waals surface area (Å²) in [4.78, 5) is 0. The third-order valence-corrected chi connectivity index (χ3v) is 2.98. The van der Waals surface area contributed by atoms with E-state index in [0.29, 0.717) is 5.92 Å². The van der Waals surface area contributed by atoms with Crippen LogP contribution in [0.15, 0.2) is 16.7 Å². The van der Waals surface area contributed by atoms with Crippen molar-refractivity contribution in [2.45, 2.75) is 19.3 Å². The smallest absolute Gasteiger partial charge is 0.158 e.